The summed E-state index contributed by atoms with van der Waals surface area (Å²) in [4.78, 5) is 38.6. The quantitative estimate of drug-likeness (QED) is 0.705. The standard InChI is InChI=1S/C26H28N2O5/c1-2-22(24(29)28-12-11-19-20(13-28)23(19)25(30)31)27-26(32)33-14-21-17-9-5-3-7-15(17)16-8-4-6-10-18(16)21/h3-10,19-23H,2,11-14H2,1H3,(H,27,32)(H,30,31)/t19-,20+,22-,23?/m0/s1. The van der Waals surface area contributed by atoms with Gasteiger partial charge >= 0.3 is 12.1 Å². The number of fused-ring (bicyclic) bond motifs is 4. The largest absolute Gasteiger partial charge is 0.481 e. The lowest BCUT2D eigenvalue weighted by atomic mass is 9.98. The molecule has 172 valence electrons. The zero-order valence-corrected chi connectivity index (χ0v) is 18.6. The minimum atomic E-state index is -0.775. The predicted octanol–water partition coefficient (Wildman–Crippen LogP) is 3.48. The van der Waals surface area contributed by atoms with Gasteiger partial charge in [0.15, 0.2) is 0 Å². The highest BCUT2D eigenvalue weighted by Crippen LogP contribution is 2.51. The van der Waals surface area contributed by atoms with E-state index < -0.39 is 18.1 Å². The van der Waals surface area contributed by atoms with Gasteiger partial charge in [-0.1, -0.05) is 55.5 Å². The number of carbonyl (C=O) groups is 3. The van der Waals surface area contributed by atoms with Crippen LogP contribution in [0, 0.1) is 17.8 Å². The summed E-state index contributed by atoms with van der Waals surface area (Å²) in [5.41, 5.74) is 4.59. The Hall–Kier alpha value is -3.35. The van der Waals surface area contributed by atoms with Gasteiger partial charge in [-0.05, 0) is 46.9 Å². The number of likely N-dealkylation sites (tertiary alicyclic amines) is 1. The van der Waals surface area contributed by atoms with Gasteiger partial charge in [0.2, 0.25) is 5.91 Å². The first-order valence-corrected chi connectivity index (χ1v) is 11.6. The first kappa shape index (κ1) is 21.5. The Bertz CT molecular complexity index is 1050. The van der Waals surface area contributed by atoms with Crippen LogP contribution < -0.4 is 5.32 Å². The van der Waals surface area contributed by atoms with E-state index >= 15 is 0 Å². The van der Waals surface area contributed by atoms with Crippen molar-refractivity contribution in [3.05, 3.63) is 59.7 Å². The number of nitrogens with zero attached hydrogens (tertiary/aromatic N) is 1. The molecule has 1 heterocycles. The van der Waals surface area contributed by atoms with Gasteiger partial charge in [0.1, 0.15) is 12.6 Å². The second-order valence-electron chi connectivity index (χ2n) is 9.20. The number of alkyl carbamates (subject to hydrolysis) is 1. The van der Waals surface area contributed by atoms with Crippen LogP contribution >= 0.6 is 0 Å². The van der Waals surface area contributed by atoms with Crippen molar-refractivity contribution in [2.75, 3.05) is 19.7 Å². The molecule has 0 aromatic heterocycles. The minimum Gasteiger partial charge on any atom is -0.481 e. The summed E-state index contributed by atoms with van der Waals surface area (Å²) in [6, 6.07) is 15.6. The van der Waals surface area contributed by atoms with Crippen molar-refractivity contribution in [2.45, 2.75) is 31.7 Å². The van der Waals surface area contributed by atoms with E-state index in [1.165, 1.54) is 0 Å². The Morgan fingerprint density at radius 3 is 2.30 bits per heavy atom. The monoisotopic (exact) mass is 448 g/mol. The Kier molecular flexibility index (Phi) is 5.56. The molecule has 0 spiro atoms. The first-order valence-electron chi connectivity index (χ1n) is 11.6. The molecule has 0 bridgehead atoms. The van der Waals surface area contributed by atoms with Gasteiger partial charge < -0.3 is 20.1 Å². The Balaban J connectivity index is 1.19. The van der Waals surface area contributed by atoms with Gasteiger partial charge in [0.05, 0.1) is 5.92 Å². The Morgan fingerprint density at radius 1 is 1.06 bits per heavy atom. The third-order valence-electron chi connectivity index (χ3n) is 7.43. The molecule has 2 aromatic carbocycles. The number of aliphatic carboxylic acids is 1. The maximum atomic E-state index is 13.0. The molecule has 2 aromatic rings. The smallest absolute Gasteiger partial charge is 0.407 e. The van der Waals surface area contributed by atoms with Crippen LogP contribution in [0.5, 0.6) is 0 Å². The van der Waals surface area contributed by atoms with Crippen molar-refractivity contribution in [1.82, 2.24) is 10.2 Å². The fraction of sp³-hybridized carbons (Fsp3) is 0.423. The number of piperidine rings is 1. The van der Waals surface area contributed by atoms with Crippen LogP contribution in [0.25, 0.3) is 11.1 Å². The molecule has 1 saturated carbocycles. The third-order valence-corrected chi connectivity index (χ3v) is 7.43. The Labute approximate surface area is 192 Å². The molecule has 33 heavy (non-hydrogen) atoms. The summed E-state index contributed by atoms with van der Waals surface area (Å²) >= 11 is 0. The maximum Gasteiger partial charge on any atom is 0.407 e. The number of carboxylic acid groups (broad SMARTS) is 1. The summed E-state index contributed by atoms with van der Waals surface area (Å²) in [6.07, 6.45) is 0.534. The van der Waals surface area contributed by atoms with Crippen molar-refractivity contribution in [2.24, 2.45) is 17.8 Å². The number of carbonyl (C=O) groups excluding carboxylic acids is 2. The molecule has 2 N–H and O–H groups in total. The second-order valence-corrected chi connectivity index (χ2v) is 9.20. The summed E-state index contributed by atoms with van der Waals surface area (Å²) in [5, 5.41) is 12.0. The van der Waals surface area contributed by atoms with Crippen LogP contribution in [0.1, 0.15) is 36.8 Å². The number of benzene rings is 2. The molecular formula is C26H28N2O5. The molecule has 7 heteroatoms. The fourth-order valence-corrected chi connectivity index (χ4v) is 5.65. The van der Waals surface area contributed by atoms with Crippen LogP contribution in [-0.2, 0) is 14.3 Å². The maximum absolute atomic E-state index is 13.0. The zero-order chi connectivity index (χ0) is 23.1. The van der Waals surface area contributed by atoms with E-state index in [0.717, 1.165) is 22.3 Å². The average molecular weight is 449 g/mol. The number of carboxylic acids is 1. The van der Waals surface area contributed by atoms with Crippen LogP contribution in [0.15, 0.2) is 48.5 Å². The summed E-state index contributed by atoms with van der Waals surface area (Å²) in [6.45, 7) is 3.02. The predicted molar refractivity (Wildman–Crippen MR) is 122 cm³/mol. The lowest BCUT2D eigenvalue weighted by Gasteiger charge is -2.30. The number of ether oxygens (including phenoxy) is 1. The summed E-state index contributed by atoms with van der Waals surface area (Å²) < 4.78 is 5.59. The zero-order valence-electron chi connectivity index (χ0n) is 18.6. The number of hydrogen-bond donors (Lipinski definition) is 2. The molecule has 1 saturated heterocycles. The van der Waals surface area contributed by atoms with E-state index in [0.29, 0.717) is 25.9 Å². The topological polar surface area (TPSA) is 95.9 Å². The molecule has 2 fully saturated rings. The number of nitrogens with one attached hydrogen (secondary N) is 1. The van der Waals surface area contributed by atoms with E-state index in [9.17, 15) is 19.5 Å². The molecule has 7 nitrogen and oxygen atoms in total. The number of hydrogen-bond acceptors (Lipinski definition) is 4. The highest BCUT2D eigenvalue weighted by atomic mass is 16.5. The number of rotatable bonds is 6. The molecule has 2 amide bonds. The van der Waals surface area contributed by atoms with Gasteiger partial charge in [-0.3, -0.25) is 9.59 Å². The lowest BCUT2D eigenvalue weighted by molar-refractivity contribution is -0.139. The molecule has 4 atom stereocenters. The molecular weight excluding hydrogens is 420 g/mol. The highest BCUT2D eigenvalue weighted by Gasteiger charge is 2.57. The van der Waals surface area contributed by atoms with Crippen LogP contribution in [0.2, 0.25) is 0 Å². The lowest BCUT2D eigenvalue weighted by Crippen LogP contribution is -2.50. The SMILES string of the molecule is CC[C@H](NC(=O)OCC1c2ccccc2-c2ccccc21)C(=O)N1CC[C@@H]2C(C(=O)O)[C@@H]2C1. The number of amides is 2. The molecule has 1 unspecified atom stereocenters. The van der Waals surface area contributed by atoms with Crippen LogP contribution in [0.3, 0.4) is 0 Å². The van der Waals surface area contributed by atoms with Gasteiger partial charge in [-0.25, -0.2) is 4.79 Å². The molecule has 2 aliphatic carbocycles. The van der Waals surface area contributed by atoms with Gasteiger partial charge in [-0.15, -0.1) is 0 Å². The molecule has 0 radical (unpaired) electrons. The van der Waals surface area contributed by atoms with E-state index in [1.54, 1.807) is 4.90 Å². The Morgan fingerprint density at radius 2 is 1.70 bits per heavy atom. The molecule has 5 rings (SSSR count). The van der Waals surface area contributed by atoms with Crippen molar-refractivity contribution >= 4 is 18.0 Å². The normalized spacial score (nSPS) is 23.7. The average Bonchev–Trinajstić information content (AvgIpc) is 3.48. The second kappa shape index (κ2) is 8.54. The minimum absolute atomic E-state index is 0.0344. The highest BCUT2D eigenvalue weighted by molar-refractivity contribution is 5.86. The molecule has 3 aliphatic rings. The first-order chi connectivity index (χ1) is 16.0. The van der Waals surface area contributed by atoms with Gasteiger partial charge in [0, 0.05) is 19.0 Å². The third kappa shape index (κ3) is 3.86. The van der Waals surface area contributed by atoms with Crippen LogP contribution in [0.4, 0.5) is 4.79 Å². The van der Waals surface area contributed by atoms with Crippen molar-refractivity contribution in [3.63, 3.8) is 0 Å². The summed E-state index contributed by atoms with van der Waals surface area (Å²) in [7, 11) is 0. The fourth-order valence-electron chi connectivity index (χ4n) is 5.65. The van der Waals surface area contributed by atoms with E-state index in [4.69, 9.17) is 4.74 Å². The summed E-state index contributed by atoms with van der Waals surface area (Å²) in [5.74, 6) is -1.10. The molecule has 1 aliphatic heterocycles. The van der Waals surface area contributed by atoms with E-state index in [-0.39, 0.29) is 36.2 Å². The van der Waals surface area contributed by atoms with Gasteiger partial charge in [-0.2, -0.15) is 0 Å². The van der Waals surface area contributed by atoms with Crippen LogP contribution in [-0.4, -0.2) is 53.7 Å². The van der Waals surface area contributed by atoms with Crippen molar-refractivity contribution in [3.8, 4) is 11.1 Å². The van der Waals surface area contributed by atoms with Crippen molar-refractivity contribution < 1.29 is 24.2 Å². The van der Waals surface area contributed by atoms with Gasteiger partial charge in [0.25, 0.3) is 0 Å². The van der Waals surface area contributed by atoms with E-state index in [1.807, 2.05) is 31.2 Å². The van der Waals surface area contributed by atoms with E-state index in [2.05, 4.69) is 29.6 Å². The van der Waals surface area contributed by atoms with Crippen molar-refractivity contribution in [1.29, 1.82) is 0 Å².